The van der Waals surface area contributed by atoms with Crippen molar-refractivity contribution in [3.8, 4) is 0 Å². The zero-order valence-corrected chi connectivity index (χ0v) is 12.3. The number of ketones is 1. The molecule has 1 aliphatic carbocycles. The van der Waals surface area contributed by atoms with Gasteiger partial charge in [0, 0.05) is 9.49 Å². The molecule has 0 aliphatic heterocycles. The molecule has 2 rings (SSSR count). The standard InChI is InChI=1S/C14H15IO3/c1-9-5-4-8-12(13(9)16)18-14(17)10-6-2-3-7-11(10)15/h2-3,6-7,9,12H,4-5,8H2,1H3. The van der Waals surface area contributed by atoms with Crippen LogP contribution in [-0.4, -0.2) is 17.9 Å². The first-order chi connectivity index (χ1) is 8.59. The molecule has 0 N–H and O–H groups in total. The van der Waals surface area contributed by atoms with Crippen molar-refractivity contribution < 1.29 is 14.3 Å². The minimum Gasteiger partial charge on any atom is -0.451 e. The highest BCUT2D eigenvalue weighted by Gasteiger charge is 2.31. The van der Waals surface area contributed by atoms with Crippen molar-refractivity contribution in [2.24, 2.45) is 5.92 Å². The summed E-state index contributed by atoms with van der Waals surface area (Å²) in [6.07, 6.45) is 1.93. The molecule has 1 fully saturated rings. The molecule has 0 radical (unpaired) electrons. The lowest BCUT2D eigenvalue weighted by atomic mass is 9.87. The smallest absolute Gasteiger partial charge is 0.339 e. The molecule has 0 amide bonds. The van der Waals surface area contributed by atoms with Gasteiger partial charge >= 0.3 is 5.97 Å². The predicted octanol–water partition coefficient (Wildman–Crippen LogP) is 3.21. The molecule has 0 heterocycles. The number of halogens is 1. The number of ether oxygens (including phenoxy) is 1. The van der Waals surface area contributed by atoms with E-state index in [1.54, 1.807) is 12.1 Å². The van der Waals surface area contributed by atoms with Gasteiger partial charge < -0.3 is 4.74 Å². The summed E-state index contributed by atoms with van der Waals surface area (Å²) in [5.41, 5.74) is 0.532. The Morgan fingerprint density at radius 1 is 1.33 bits per heavy atom. The van der Waals surface area contributed by atoms with Gasteiger partial charge in [-0.1, -0.05) is 19.1 Å². The number of benzene rings is 1. The topological polar surface area (TPSA) is 43.4 Å². The summed E-state index contributed by atoms with van der Waals surface area (Å²) in [7, 11) is 0. The molecule has 1 aliphatic rings. The maximum absolute atomic E-state index is 12.0. The summed E-state index contributed by atoms with van der Waals surface area (Å²) in [6, 6.07) is 7.24. The summed E-state index contributed by atoms with van der Waals surface area (Å²) >= 11 is 2.09. The first-order valence-electron chi connectivity index (χ1n) is 6.09. The number of hydrogen-bond acceptors (Lipinski definition) is 3. The fraction of sp³-hybridized carbons (Fsp3) is 0.429. The van der Waals surface area contributed by atoms with Crippen molar-refractivity contribution in [1.82, 2.24) is 0 Å². The van der Waals surface area contributed by atoms with Crippen molar-refractivity contribution in [3.63, 3.8) is 0 Å². The van der Waals surface area contributed by atoms with E-state index in [2.05, 4.69) is 22.6 Å². The Kier molecular flexibility index (Phi) is 4.37. The molecule has 18 heavy (non-hydrogen) atoms. The zero-order chi connectivity index (χ0) is 13.1. The Bertz CT molecular complexity index is 470. The fourth-order valence-electron chi connectivity index (χ4n) is 2.15. The number of carbonyl (C=O) groups is 2. The molecule has 0 spiro atoms. The molecule has 2 atom stereocenters. The van der Waals surface area contributed by atoms with E-state index < -0.39 is 12.1 Å². The van der Waals surface area contributed by atoms with Gasteiger partial charge in [0.05, 0.1) is 5.56 Å². The van der Waals surface area contributed by atoms with Crippen LogP contribution in [-0.2, 0) is 9.53 Å². The molecule has 1 aromatic carbocycles. The molecule has 0 bridgehead atoms. The number of esters is 1. The molecular weight excluding hydrogens is 343 g/mol. The van der Waals surface area contributed by atoms with Crippen LogP contribution in [0.3, 0.4) is 0 Å². The van der Waals surface area contributed by atoms with Crippen molar-refractivity contribution in [1.29, 1.82) is 0 Å². The van der Waals surface area contributed by atoms with Gasteiger partial charge in [-0.2, -0.15) is 0 Å². The van der Waals surface area contributed by atoms with Crippen molar-refractivity contribution in [3.05, 3.63) is 33.4 Å². The Balaban J connectivity index is 2.08. The summed E-state index contributed by atoms with van der Waals surface area (Å²) < 4.78 is 6.19. The van der Waals surface area contributed by atoms with Gasteiger partial charge in [0.2, 0.25) is 0 Å². The van der Waals surface area contributed by atoms with Gasteiger partial charge in [-0.15, -0.1) is 0 Å². The van der Waals surface area contributed by atoms with Crippen LogP contribution in [0.5, 0.6) is 0 Å². The van der Waals surface area contributed by atoms with E-state index >= 15 is 0 Å². The minimum absolute atomic E-state index is 0.00592. The maximum Gasteiger partial charge on any atom is 0.339 e. The molecule has 2 unspecified atom stereocenters. The zero-order valence-electron chi connectivity index (χ0n) is 10.2. The van der Waals surface area contributed by atoms with Crippen LogP contribution in [0.1, 0.15) is 36.5 Å². The van der Waals surface area contributed by atoms with E-state index in [1.807, 2.05) is 19.1 Å². The lowest BCUT2D eigenvalue weighted by Crippen LogP contribution is -2.35. The first kappa shape index (κ1) is 13.5. The Hall–Kier alpha value is -0.910. The highest BCUT2D eigenvalue weighted by molar-refractivity contribution is 14.1. The third kappa shape index (κ3) is 2.91. The van der Waals surface area contributed by atoms with Gasteiger partial charge in [-0.05, 0) is 54.0 Å². The van der Waals surface area contributed by atoms with E-state index in [0.717, 1.165) is 16.4 Å². The van der Waals surface area contributed by atoms with E-state index in [9.17, 15) is 9.59 Å². The van der Waals surface area contributed by atoms with Gasteiger partial charge in [0.25, 0.3) is 0 Å². The van der Waals surface area contributed by atoms with Gasteiger partial charge in [-0.3, -0.25) is 4.79 Å². The number of hydrogen-bond donors (Lipinski definition) is 0. The predicted molar refractivity (Wildman–Crippen MR) is 76.4 cm³/mol. The fourth-order valence-corrected chi connectivity index (χ4v) is 2.76. The summed E-state index contributed by atoms with van der Waals surface area (Å²) in [5, 5.41) is 0. The summed E-state index contributed by atoms with van der Waals surface area (Å²) in [5.74, 6) is -0.334. The average Bonchev–Trinajstić information content (AvgIpc) is 2.35. The van der Waals surface area contributed by atoms with Crippen LogP contribution in [0.15, 0.2) is 24.3 Å². The number of rotatable bonds is 2. The Labute approximate surface area is 120 Å². The first-order valence-corrected chi connectivity index (χ1v) is 7.16. The van der Waals surface area contributed by atoms with Crippen molar-refractivity contribution in [2.45, 2.75) is 32.3 Å². The van der Waals surface area contributed by atoms with Gasteiger partial charge in [0.1, 0.15) is 0 Å². The Morgan fingerprint density at radius 3 is 2.78 bits per heavy atom. The SMILES string of the molecule is CC1CCCC(OC(=O)c2ccccc2I)C1=O. The average molecular weight is 358 g/mol. The van der Waals surface area contributed by atoms with Crippen molar-refractivity contribution in [2.75, 3.05) is 0 Å². The third-order valence-electron chi connectivity index (χ3n) is 3.25. The Morgan fingerprint density at radius 2 is 2.06 bits per heavy atom. The number of Topliss-reactive ketones (excluding diaryl/α,β-unsaturated/α-hetero) is 1. The van der Waals surface area contributed by atoms with E-state index in [1.165, 1.54) is 0 Å². The second kappa shape index (κ2) is 5.82. The lowest BCUT2D eigenvalue weighted by Gasteiger charge is -2.25. The van der Waals surface area contributed by atoms with E-state index in [4.69, 9.17) is 4.74 Å². The monoisotopic (exact) mass is 358 g/mol. The van der Waals surface area contributed by atoms with Crippen LogP contribution in [0.25, 0.3) is 0 Å². The molecule has 0 saturated heterocycles. The summed E-state index contributed by atoms with van der Waals surface area (Å²) in [6.45, 7) is 1.90. The molecule has 3 nitrogen and oxygen atoms in total. The van der Waals surface area contributed by atoms with Crippen LogP contribution >= 0.6 is 22.6 Å². The van der Waals surface area contributed by atoms with Crippen LogP contribution < -0.4 is 0 Å². The largest absolute Gasteiger partial charge is 0.451 e. The molecule has 1 saturated carbocycles. The quantitative estimate of drug-likeness (QED) is 0.602. The molecule has 4 heteroatoms. The number of carbonyl (C=O) groups excluding carboxylic acids is 2. The minimum atomic E-state index is -0.558. The maximum atomic E-state index is 12.0. The molecule has 96 valence electrons. The molecule has 0 aromatic heterocycles. The third-order valence-corrected chi connectivity index (χ3v) is 4.19. The van der Waals surface area contributed by atoms with Crippen LogP contribution in [0.4, 0.5) is 0 Å². The highest BCUT2D eigenvalue weighted by Crippen LogP contribution is 2.24. The molecular formula is C14H15IO3. The van der Waals surface area contributed by atoms with Gasteiger partial charge in [-0.25, -0.2) is 4.79 Å². The van der Waals surface area contributed by atoms with Crippen LogP contribution in [0.2, 0.25) is 0 Å². The van der Waals surface area contributed by atoms with E-state index in [-0.39, 0.29) is 11.7 Å². The van der Waals surface area contributed by atoms with Crippen LogP contribution in [0, 0.1) is 9.49 Å². The lowest BCUT2D eigenvalue weighted by molar-refractivity contribution is -0.134. The molecule has 1 aromatic rings. The van der Waals surface area contributed by atoms with Crippen molar-refractivity contribution >= 4 is 34.3 Å². The second-order valence-electron chi connectivity index (χ2n) is 4.61. The highest BCUT2D eigenvalue weighted by atomic mass is 127. The van der Waals surface area contributed by atoms with E-state index in [0.29, 0.717) is 12.0 Å². The summed E-state index contributed by atoms with van der Waals surface area (Å²) in [4.78, 5) is 23.9. The van der Waals surface area contributed by atoms with Gasteiger partial charge in [0.15, 0.2) is 11.9 Å². The second-order valence-corrected chi connectivity index (χ2v) is 5.77. The normalized spacial score (nSPS) is 23.8.